The normalized spacial score (nSPS) is 13.3. The van der Waals surface area contributed by atoms with E-state index in [9.17, 15) is 24.2 Å². The van der Waals surface area contributed by atoms with Crippen LogP contribution in [0.3, 0.4) is 0 Å². The number of rotatable bonds is 49. The lowest BCUT2D eigenvalue weighted by Gasteiger charge is -2.15. The maximum Gasteiger partial charge on any atom is 0.472 e. The molecule has 0 spiro atoms. The number of carbonyl (C=O) groups excluding carboxylic acids is 2. The number of allylic oxidation sites excluding steroid dienone is 4. The van der Waals surface area contributed by atoms with Gasteiger partial charge in [0.25, 0.3) is 0 Å². The Labute approximate surface area is 376 Å². The summed E-state index contributed by atoms with van der Waals surface area (Å²) in [6.45, 7) is 3.58. The molecule has 1 amide bonds. The minimum atomic E-state index is -4.42. The average Bonchev–Trinajstić information content (AvgIpc) is 3.25. The van der Waals surface area contributed by atoms with Crippen molar-refractivity contribution in [3.8, 4) is 0 Å². The highest BCUT2D eigenvalue weighted by Crippen LogP contribution is 2.42. The SMILES string of the molecule is CCCCC/C=C\C/C=C\CCCCCCCCCCCCCCCC(=O)OCC(O)COP(=O)(O)OCCNC(=O)CCCCCCCCCCCCCCCCCCC. The van der Waals surface area contributed by atoms with Crippen LogP contribution in [-0.4, -0.2) is 54.3 Å². The van der Waals surface area contributed by atoms with Crippen LogP contribution >= 0.6 is 7.82 Å². The third-order valence-electron chi connectivity index (χ3n) is 11.4. The van der Waals surface area contributed by atoms with Gasteiger partial charge in [-0.2, -0.15) is 0 Å². The summed E-state index contributed by atoms with van der Waals surface area (Å²) < 4.78 is 27.0. The van der Waals surface area contributed by atoms with Gasteiger partial charge in [-0.05, 0) is 44.9 Å². The van der Waals surface area contributed by atoms with Gasteiger partial charge in [0.05, 0.1) is 13.2 Å². The minimum absolute atomic E-state index is 0.0862. The fourth-order valence-corrected chi connectivity index (χ4v) is 8.23. The number of phosphoric ester groups is 1. The van der Waals surface area contributed by atoms with E-state index in [1.165, 1.54) is 186 Å². The molecule has 0 saturated heterocycles. The van der Waals surface area contributed by atoms with Crippen molar-refractivity contribution in [1.29, 1.82) is 0 Å². The van der Waals surface area contributed by atoms with E-state index in [0.717, 1.165) is 44.9 Å². The lowest BCUT2D eigenvalue weighted by molar-refractivity contribution is -0.147. The van der Waals surface area contributed by atoms with Crippen molar-refractivity contribution >= 4 is 19.7 Å². The zero-order valence-electron chi connectivity index (χ0n) is 39.9. The van der Waals surface area contributed by atoms with Crippen LogP contribution in [-0.2, 0) is 27.9 Å². The molecule has 0 aliphatic heterocycles. The van der Waals surface area contributed by atoms with Gasteiger partial charge in [0.15, 0.2) is 0 Å². The Bertz CT molecular complexity index is 1050. The summed E-state index contributed by atoms with van der Waals surface area (Å²) in [5.41, 5.74) is 0. The van der Waals surface area contributed by atoms with Gasteiger partial charge >= 0.3 is 13.8 Å². The second kappa shape index (κ2) is 48.0. The first-order chi connectivity index (χ1) is 29.8. The van der Waals surface area contributed by atoms with Crippen molar-refractivity contribution in [3.63, 3.8) is 0 Å². The summed E-state index contributed by atoms with van der Waals surface area (Å²) in [6.07, 6.45) is 54.0. The number of unbranched alkanes of at least 4 members (excludes halogenated alkanes) is 32. The highest BCUT2D eigenvalue weighted by Gasteiger charge is 2.23. The number of amides is 1. The summed E-state index contributed by atoms with van der Waals surface area (Å²) in [5, 5.41) is 12.8. The van der Waals surface area contributed by atoms with Gasteiger partial charge in [0.1, 0.15) is 12.7 Å². The number of ether oxygens (including phenoxy) is 1. The first-order valence-electron chi connectivity index (χ1n) is 25.8. The summed E-state index contributed by atoms with van der Waals surface area (Å²) in [7, 11) is -4.42. The molecular formula is C51H98NO8P. The molecule has 0 aliphatic carbocycles. The monoisotopic (exact) mass is 884 g/mol. The van der Waals surface area contributed by atoms with Crippen molar-refractivity contribution in [2.24, 2.45) is 0 Å². The molecule has 10 heteroatoms. The van der Waals surface area contributed by atoms with Gasteiger partial charge < -0.3 is 20.1 Å². The number of hydrogen-bond donors (Lipinski definition) is 3. The second-order valence-electron chi connectivity index (χ2n) is 17.5. The fourth-order valence-electron chi connectivity index (χ4n) is 7.47. The number of aliphatic hydroxyl groups is 1. The molecule has 0 rings (SSSR count). The van der Waals surface area contributed by atoms with E-state index in [0.29, 0.717) is 6.42 Å². The van der Waals surface area contributed by atoms with E-state index in [-0.39, 0.29) is 32.1 Å². The second-order valence-corrected chi connectivity index (χ2v) is 19.0. The van der Waals surface area contributed by atoms with Crippen LogP contribution in [0, 0.1) is 0 Å². The molecule has 0 aromatic heterocycles. The third-order valence-corrected chi connectivity index (χ3v) is 12.4. The van der Waals surface area contributed by atoms with Crippen LogP contribution in [0.15, 0.2) is 24.3 Å². The van der Waals surface area contributed by atoms with E-state index >= 15 is 0 Å². The van der Waals surface area contributed by atoms with Crippen molar-refractivity contribution in [2.75, 3.05) is 26.4 Å². The third kappa shape index (κ3) is 49.4. The number of phosphoric acid groups is 1. The number of aliphatic hydroxyl groups excluding tert-OH is 1. The molecule has 3 N–H and O–H groups in total. The predicted molar refractivity (Wildman–Crippen MR) is 257 cm³/mol. The molecule has 0 saturated carbocycles. The zero-order valence-corrected chi connectivity index (χ0v) is 40.8. The van der Waals surface area contributed by atoms with Crippen molar-refractivity contribution in [3.05, 3.63) is 24.3 Å². The summed E-state index contributed by atoms with van der Waals surface area (Å²) in [5.74, 6) is -0.505. The van der Waals surface area contributed by atoms with Crippen LogP contribution in [0.1, 0.15) is 258 Å². The lowest BCUT2D eigenvalue weighted by Crippen LogP contribution is -2.27. The highest BCUT2D eigenvalue weighted by atomic mass is 31.2. The average molecular weight is 884 g/mol. The smallest absolute Gasteiger partial charge is 0.463 e. The molecule has 0 aromatic carbocycles. The van der Waals surface area contributed by atoms with Crippen molar-refractivity contribution in [2.45, 2.75) is 264 Å². The highest BCUT2D eigenvalue weighted by molar-refractivity contribution is 7.47. The molecule has 2 atom stereocenters. The lowest BCUT2D eigenvalue weighted by atomic mass is 10.0. The van der Waals surface area contributed by atoms with Crippen molar-refractivity contribution in [1.82, 2.24) is 5.32 Å². The first kappa shape index (κ1) is 59.5. The van der Waals surface area contributed by atoms with Gasteiger partial charge in [-0.15, -0.1) is 0 Å². The minimum Gasteiger partial charge on any atom is -0.463 e. The van der Waals surface area contributed by atoms with Gasteiger partial charge in [0.2, 0.25) is 5.91 Å². The van der Waals surface area contributed by atoms with E-state index in [1.807, 2.05) is 0 Å². The molecule has 0 bridgehead atoms. The Morgan fingerprint density at radius 1 is 0.508 bits per heavy atom. The van der Waals surface area contributed by atoms with Gasteiger partial charge in [-0.1, -0.05) is 224 Å². The Balaban J connectivity index is 3.52. The Morgan fingerprint density at radius 2 is 0.885 bits per heavy atom. The summed E-state index contributed by atoms with van der Waals surface area (Å²) in [6, 6.07) is 0. The fraction of sp³-hybridized carbons (Fsp3) is 0.882. The van der Waals surface area contributed by atoms with Gasteiger partial charge in [-0.25, -0.2) is 4.57 Å². The number of esters is 1. The molecule has 2 unspecified atom stereocenters. The van der Waals surface area contributed by atoms with Gasteiger partial charge in [-0.3, -0.25) is 18.6 Å². The van der Waals surface area contributed by atoms with E-state index in [2.05, 4.69) is 43.5 Å². The largest absolute Gasteiger partial charge is 0.472 e. The molecule has 61 heavy (non-hydrogen) atoms. The van der Waals surface area contributed by atoms with Crippen LogP contribution in [0.4, 0.5) is 0 Å². The standard InChI is InChI=1S/C51H98NO8P/c1-3-5-7-9-11-13-15-17-19-21-22-23-24-25-26-28-30-32-34-36-38-40-42-44-51(55)58-47-49(53)48-60-61(56,57)59-46-45-52-50(54)43-41-39-37-35-33-31-29-27-20-18-16-14-12-10-8-6-4-2/h11,13,17,19,49,53H,3-10,12,14-16,18,20-48H2,1-2H3,(H,52,54)(H,56,57)/b13-11-,19-17-. The Morgan fingerprint density at radius 3 is 1.34 bits per heavy atom. The number of carbonyl (C=O) groups is 2. The predicted octanol–water partition coefficient (Wildman–Crippen LogP) is 15.1. The summed E-state index contributed by atoms with van der Waals surface area (Å²) in [4.78, 5) is 34.1. The van der Waals surface area contributed by atoms with Crippen LogP contribution in [0.5, 0.6) is 0 Å². The molecule has 360 valence electrons. The number of nitrogens with one attached hydrogen (secondary N) is 1. The molecule has 0 aliphatic rings. The molecule has 0 aromatic rings. The quantitative estimate of drug-likeness (QED) is 0.0238. The molecule has 0 radical (unpaired) electrons. The Hall–Kier alpha value is -1.51. The van der Waals surface area contributed by atoms with E-state index in [1.54, 1.807) is 0 Å². The first-order valence-corrected chi connectivity index (χ1v) is 27.3. The molecular weight excluding hydrogens is 786 g/mol. The molecule has 9 nitrogen and oxygen atoms in total. The zero-order chi connectivity index (χ0) is 44.6. The van der Waals surface area contributed by atoms with Crippen molar-refractivity contribution < 1.29 is 37.9 Å². The molecule has 0 fully saturated rings. The Kier molecular flexibility index (Phi) is 46.8. The van der Waals surface area contributed by atoms with Gasteiger partial charge in [0, 0.05) is 19.4 Å². The van der Waals surface area contributed by atoms with Crippen LogP contribution in [0.25, 0.3) is 0 Å². The van der Waals surface area contributed by atoms with Crippen LogP contribution in [0.2, 0.25) is 0 Å². The van der Waals surface area contributed by atoms with Crippen LogP contribution < -0.4 is 5.32 Å². The summed E-state index contributed by atoms with van der Waals surface area (Å²) >= 11 is 0. The van der Waals surface area contributed by atoms with E-state index in [4.69, 9.17) is 13.8 Å². The maximum atomic E-state index is 12.1. The van der Waals surface area contributed by atoms with E-state index < -0.39 is 26.5 Å². The number of hydrogen-bond acceptors (Lipinski definition) is 7. The maximum absolute atomic E-state index is 12.1. The topological polar surface area (TPSA) is 131 Å². The molecule has 0 heterocycles.